The first-order valence-corrected chi connectivity index (χ1v) is 12.6. The van der Waals surface area contributed by atoms with Crippen molar-refractivity contribution in [1.29, 1.82) is 0 Å². The van der Waals surface area contributed by atoms with Crippen molar-refractivity contribution in [2.24, 2.45) is 0 Å². The number of rotatable bonds is 4. The number of hydrogen-bond acceptors (Lipinski definition) is 2. The zero-order valence-electron chi connectivity index (χ0n) is 19.7. The molecule has 0 bridgehead atoms. The molecule has 2 atom stereocenters. The molecule has 3 heterocycles. The predicted octanol–water partition coefficient (Wildman–Crippen LogP) is 7.05. The molecule has 2 aromatic carbocycles. The molecule has 1 saturated heterocycles. The van der Waals surface area contributed by atoms with E-state index in [-0.39, 0.29) is 12.1 Å². The lowest BCUT2D eigenvalue weighted by Crippen LogP contribution is -2.29. The molecule has 4 nitrogen and oxygen atoms in total. The first-order chi connectivity index (χ1) is 16.4. The summed E-state index contributed by atoms with van der Waals surface area (Å²) in [5.74, 6) is 0. The van der Waals surface area contributed by atoms with Crippen LogP contribution in [0.25, 0.3) is 5.69 Å². The molecule has 0 aliphatic carbocycles. The standard InChI is InChI=1S/C28H27BrN4S/c1-17-8-7-10-25(19(17)3)32-18(2)16-23(20(32)4)27-26(24-9-5-6-15-30-24)31-28(34)33(27)22-13-11-21(29)12-14-22/h5-16,26-27H,1-4H3,(H,31,34)/t26-,27-/m1/s1. The number of pyridine rings is 1. The van der Waals surface area contributed by atoms with E-state index in [4.69, 9.17) is 17.2 Å². The van der Waals surface area contributed by atoms with Crippen LogP contribution in [0.5, 0.6) is 0 Å². The van der Waals surface area contributed by atoms with Gasteiger partial charge in [0, 0.05) is 33.4 Å². The number of thiocarbonyl (C=S) groups is 1. The van der Waals surface area contributed by atoms with Gasteiger partial charge in [0.1, 0.15) is 0 Å². The number of aromatic nitrogens is 2. The second-order valence-corrected chi connectivity index (χ2v) is 10.2. The van der Waals surface area contributed by atoms with Gasteiger partial charge in [-0.05, 0) is 105 Å². The lowest BCUT2D eigenvalue weighted by molar-refractivity contribution is 0.565. The molecular weight excluding hydrogens is 504 g/mol. The van der Waals surface area contributed by atoms with Gasteiger partial charge in [0.15, 0.2) is 5.11 Å². The van der Waals surface area contributed by atoms with Crippen LogP contribution >= 0.6 is 28.1 Å². The summed E-state index contributed by atoms with van der Waals surface area (Å²) in [5, 5.41) is 4.28. The van der Waals surface area contributed by atoms with E-state index in [2.05, 4.69) is 113 Å². The molecule has 1 N–H and O–H groups in total. The fraction of sp³-hybridized carbons (Fsp3) is 0.214. The quantitative estimate of drug-likeness (QED) is 0.286. The summed E-state index contributed by atoms with van der Waals surface area (Å²) < 4.78 is 3.41. The second kappa shape index (κ2) is 9.01. The van der Waals surface area contributed by atoms with E-state index >= 15 is 0 Å². The summed E-state index contributed by atoms with van der Waals surface area (Å²) in [4.78, 5) is 6.93. The van der Waals surface area contributed by atoms with Crippen molar-refractivity contribution in [3.63, 3.8) is 0 Å². The SMILES string of the molecule is Cc1cccc(-n2c(C)cc([C@@H]3[C@@H](c4ccccn4)NC(=S)N3c3ccc(Br)cc3)c2C)c1C. The Balaban J connectivity index is 1.70. The molecule has 0 radical (unpaired) electrons. The molecule has 0 amide bonds. The van der Waals surface area contributed by atoms with Gasteiger partial charge in [-0.15, -0.1) is 0 Å². The van der Waals surface area contributed by atoms with Gasteiger partial charge in [0.25, 0.3) is 0 Å². The maximum atomic E-state index is 5.89. The minimum absolute atomic E-state index is 0.0337. The van der Waals surface area contributed by atoms with Gasteiger partial charge in [-0.25, -0.2) is 0 Å². The number of aryl methyl sites for hydroxylation is 2. The molecule has 1 aliphatic heterocycles. The lowest BCUT2D eigenvalue weighted by Gasteiger charge is -2.28. The summed E-state index contributed by atoms with van der Waals surface area (Å²) in [7, 11) is 0. The molecule has 5 rings (SSSR count). The Labute approximate surface area is 214 Å². The third kappa shape index (κ3) is 3.85. The fourth-order valence-corrected chi connectivity index (χ4v) is 5.60. The Morgan fingerprint density at radius 3 is 2.41 bits per heavy atom. The van der Waals surface area contributed by atoms with Gasteiger partial charge in [0.2, 0.25) is 0 Å². The Morgan fingerprint density at radius 2 is 1.71 bits per heavy atom. The van der Waals surface area contributed by atoms with Crippen molar-refractivity contribution in [3.8, 4) is 5.69 Å². The Kier molecular flexibility index (Phi) is 6.04. The molecular formula is C28H27BrN4S. The number of hydrogen-bond donors (Lipinski definition) is 1. The Bertz CT molecular complexity index is 1360. The van der Waals surface area contributed by atoms with E-state index < -0.39 is 0 Å². The number of benzene rings is 2. The summed E-state index contributed by atoms with van der Waals surface area (Å²) in [5.41, 5.74) is 9.50. The summed E-state index contributed by atoms with van der Waals surface area (Å²) in [6.45, 7) is 8.75. The summed E-state index contributed by atoms with van der Waals surface area (Å²) >= 11 is 9.45. The number of nitrogens with one attached hydrogen (secondary N) is 1. The summed E-state index contributed by atoms with van der Waals surface area (Å²) in [6, 6.07) is 23.1. The molecule has 6 heteroatoms. The van der Waals surface area contributed by atoms with Crippen LogP contribution in [0.4, 0.5) is 5.69 Å². The van der Waals surface area contributed by atoms with E-state index in [1.54, 1.807) is 0 Å². The molecule has 34 heavy (non-hydrogen) atoms. The van der Waals surface area contributed by atoms with E-state index in [1.807, 2.05) is 18.3 Å². The number of halogens is 1. The highest BCUT2D eigenvalue weighted by Crippen LogP contribution is 2.44. The monoisotopic (exact) mass is 530 g/mol. The lowest BCUT2D eigenvalue weighted by atomic mass is 9.96. The maximum absolute atomic E-state index is 5.89. The van der Waals surface area contributed by atoms with Crippen LogP contribution in [0.15, 0.2) is 77.4 Å². The zero-order chi connectivity index (χ0) is 24.0. The maximum Gasteiger partial charge on any atom is 0.174 e. The van der Waals surface area contributed by atoms with Crippen LogP contribution in [0.2, 0.25) is 0 Å². The normalized spacial score (nSPS) is 17.8. The smallest absolute Gasteiger partial charge is 0.174 e. The Morgan fingerprint density at radius 1 is 0.941 bits per heavy atom. The van der Waals surface area contributed by atoms with Gasteiger partial charge >= 0.3 is 0 Å². The molecule has 0 spiro atoms. The first kappa shape index (κ1) is 22.8. The number of nitrogens with zero attached hydrogens (tertiary/aromatic N) is 3. The highest BCUT2D eigenvalue weighted by atomic mass is 79.9. The van der Waals surface area contributed by atoms with Crippen molar-refractivity contribution in [2.75, 3.05) is 4.90 Å². The van der Waals surface area contributed by atoms with E-state index in [1.165, 1.54) is 33.8 Å². The van der Waals surface area contributed by atoms with Gasteiger partial charge < -0.3 is 14.8 Å². The molecule has 0 saturated carbocycles. The zero-order valence-corrected chi connectivity index (χ0v) is 22.1. The highest BCUT2D eigenvalue weighted by molar-refractivity contribution is 9.10. The van der Waals surface area contributed by atoms with Crippen LogP contribution in [0.1, 0.15) is 45.9 Å². The van der Waals surface area contributed by atoms with Crippen molar-refractivity contribution in [3.05, 3.63) is 111 Å². The van der Waals surface area contributed by atoms with Gasteiger partial charge in [0.05, 0.1) is 17.8 Å². The van der Waals surface area contributed by atoms with Gasteiger partial charge in [-0.2, -0.15) is 0 Å². The van der Waals surface area contributed by atoms with Crippen LogP contribution in [0, 0.1) is 27.7 Å². The summed E-state index contributed by atoms with van der Waals surface area (Å²) in [6.07, 6.45) is 1.85. The minimum Gasteiger partial charge on any atom is -0.351 e. The van der Waals surface area contributed by atoms with Gasteiger partial charge in [-0.1, -0.05) is 34.1 Å². The second-order valence-electron chi connectivity index (χ2n) is 8.85. The topological polar surface area (TPSA) is 33.1 Å². The van der Waals surface area contributed by atoms with Crippen LogP contribution < -0.4 is 10.2 Å². The molecule has 0 unspecified atom stereocenters. The van der Waals surface area contributed by atoms with Gasteiger partial charge in [-0.3, -0.25) is 4.98 Å². The highest BCUT2D eigenvalue weighted by Gasteiger charge is 2.42. The van der Waals surface area contributed by atoms with Crippen LogP contribution in [0.3, 0.4) is 0 Å². The fourth-order valence-electron chi connectivity index (χ4n) is 4.99. The number of anilines is 1. The van der Waals surface area contributed by atoms with Crippen molar-refractivity contribution in [1.82, 2.24) is 14.9 Å². The average molecular weight is 532 g/mol. The van der Waals surface area contributed by atoms with Crippen LogP contribution in [-0.4, -0.2) is 14.7 Å². The van der Waals surface area contributed by atoms with Crippen molar-refractivity contribution in [2.45, 2.75) is 39.8 Å². The minimum atomic E-state index is -0.0649. The molecule has 4 aromatic rings. The molecule has 172 valence electrons. The molecule has 2 aromatic heterocycles. The third-order valence-corrected chi connectivity index (χ3v) is 7.65. The first-order valence-electron chi connectivity index (χ1n) is 11.4. The van der Waals surface area contributed by atoms with E-state index in [0.29, 0.717) is 5.11 Å². The Hall–Kier alpha value is -2.96. The molecule has 1 fully saturated rings. The largest absolute Gasteiger partial charge is 0.351 e. The van der Waals surface area contributed by atoms with Crippen LogP contribution in [-0.2, 0) is 0 Å². The molecule has 1 aliphatic rings. The predicted molar refractivity (Wildman–Crippen MR) is 147 cm³/mol. The van der Waals surface area contributed by atoms with E-state index in [0.717, 1.165) is 15.9 Å². The third-order valence-electron chi connectivity index (χ3n) is 6.81. The van der Waals surface area contributed by atoms with E-state index in [9.17, 15) is 0 Å². The van der Waals surface area contributed by atoms with Crippen molar-refractivity contribution >= 4 is 38.9 Å². The average Bonchev–Trinajstić information content (AvgIpc) is 3.32. The van der Waals surface area contributed by atoms with Crippen molar-refractivity contribution < 1.29 is 0 Å².